The fourth-order valence-electron chi connectivity index (χ4n) is 0.735. The molecule has 0 amide bonds. The van der Waals surface area contributed by atoms with Crippen LogP contribution in [0.1, 0.15) is 5.56 Å². The molecule has 0 saturated heterocycles. The molecule has 4 heteroatoms. The molecule has 66 valence electrons. The van der Waals surface area contributed by atoms with E-state index in [4.69, 9.17) is 5.11 Å². The van der Waals surface area contributed by atoms with Crippen molar-refractivity contribution >= 4 is 50.0 Å². The minimum absolute atomic E-state index is 0. The molecule has 0 spiro atoms. The molecule has 0 fully saturated rings. The van der Waals surface area contributed by atoms with Gasteiger partial charge < -0.3 is 9.84 Å². The van der Waals surface area contributed by atoms with Crippen molar-refractivity contribution in [3.63, 3.8) is 0 Å². The van der Waals surface area contributed by atoms with E-state index in [-0.39, 0.29) is 37.7 Å². The van der Waals surface area contributed by atoms with Crippen LogP contribution in [0.3, 0.4) is 0 Å². The fraction of sp³-hybridized carbons (Fsp3) is 0. The summed E-state index contributed by atoms with van der Waals surface area (Å²) in [5.74, 6) is 0. The Kier molecular flexibility index (Phi) is 6.67. The van der Waals surface area contributed by atoms with E-state index in [1.807, 2.05) is 30.3 Å². The van der Waals surface area contributed by atoms with Crippen LogP contribution in [-0.2, 0) is 4.74 Å². The molecular formula is C9H10CaO3. The van der Waals surface area contributed by atoms with Gasteiger partial charge in [-0.15, -0.1) is 0 Å². The Bertz CT molecular complexity index is 282. The van der Waals surface area contributed by atoms with Crippen molar-refractivity contribution in [2.45, 2.75) is 0 Å². The second kappa shape index (κ2) is 6.95. The molecule has 0 saturated carbocycles. The first-order valence-electron chi connectivity index (χ1n) is 3.40. The molecule has 0 aliphatic rings. The third kappa shape index (κ3) is 5.69. The van der Waals surface area contributed by atoms with Crippen LogP contribution in [0, 0.1) is 0 Å². The van der Waals surface area contributed by atoms with Crippen LogP contribution in [0.25, 0.3) is 6.08 Å². The molecule has 1 N–H and O–H groups in total. The maximum atomic E-state index is 9.92. The van der Waals surface area contributed by atoms with E-state index < -0.39 is 6.16 Å². The Hall–Kier alpha value is -0.510. The molecule has 1 rings (SSSR count). The van der Waals surface area contributed by atoms with E-state index in [2.05, 4.69) is 4.74 Å². The fourth-order valence-corrected chi connectivity index (χ4v) is 0.735. The van der Waals surface area contributed by atoms with Crippen LogP contribution < -0.4 is 0 Å². The van der Waals surface area contributed by atoms with Crippen LogP contribution in [0.2, 0.25) is 0 Å². The predicted molar refractivity (Wildman–Crippen MR) is 53.1 cm³/mol. The summed E-state index contributed by atoms with van der Waals surface area (Å²) < 4.78 is 4.18. The summed E-state index contributed by atoms with van der Waals surface area (Å²) in [6, 6.07) is 9.31. The normalized spacial score (nSPS) is 9.23. The second-order valence-electron chi connectivity index (χ2n) is 2.10. The van der Waals surface area contributed by atoms with E-state index in [9.17, 15) is 4.79 Å². The number of hydrogen-bond donors (Lipinski definition) is 1. The number of rotatable bonds is 2. The summed E-state index contributed by atoms with van der Waals surface area (Å²) in [4.78, 5) is 9.92. The molecule has 0 atom stereocenters. The molecule has 1 aromatic carbocycles. The Labute approximate surface area is 106 Å². The molecule has 0 aliphatic carbocycles. The zero-order chi connectivity index (χ0) is 8.81. The summed E-state index contributed by atoms with van der Waals surface area (Å²) in [6.45, 7) is 0. The number of carbonyl (C=O) groups is 1. The van der Waals surface area contributed by atoms with Crippen LogP contribution in [-0.4, -0.2) is 49.0 Å². The number of ether oxygens (including phenoxy) is 1. The van der Waals surface area contributed by atoms with Gasteiger partial charge in [-0.1, -0.05) is 30.3 Å². The third-order valence-corrected chi connectivity index (χ3v) is 1.23. The van der Waals surface area contributed by atoms with Crippen molar-refractivity contribution in [2.24, 2.45) is 0 Å². The second-order valence-corrected chi connectivity index (χ2v) is 2.10. The molecular weight excluding hydrogens is 196 g/mol. The Balaban J connectivity index is 0.00000144. The number of carboxylic acid groups (broad SMARTS) is 1. The zero-order valence-corrected chi connectivity index (χ0v) is 6.31. The molecule has 0 radical (unpaired) electrons. The Morgan fingerprint density at radius 3 is 2.46 bits per heavy atom. The van der Waals surface area contributed by atoms with Gasteiger partial charge in [0.25, 0.3) is 0 Å². The van der Waals surface area contributed by atoms with Gasteiger partial charge in [0.05, 0.1) is 6.26 Å². The van der Waals surface area contributed by atoms with E-state index in [1.165, 1.54) is 0 Å². The van der Waals surface area contributed by atoms with Crippen molar-refractivity contribution in [1.29, 1.82) is 0 Å². The van der Waals surface area contributed by atoms with Crippen LogP contribution in [0.15, 0.2) is 36.6 Å². The van der Waals surface area contributed by atoms with Gasteiger partial charge in [0, 0.05) is 0 Å². The van der Waals surface area contributed by atoms with E-state index in [0.717, 1.165) is 11.8 Å². The van der Waals surface area contributed by atoms with Gasteiger partial charge in [-0.05, 0) is 11.6 Å². The molecule has 13 heavy (non-hydrogen) atoms. The van der Waals surface area contributed by atoms with Gasteiger partial charge >= 0.3 is 43.9 Å². The Morgan fingerprint density at radius 2 is 1.92 bits per heavy atom. The van der Waals surface area contributed by atoms with E-state index >= 15 is 0 Å². The third-order valence-electron chi connectivity index (χ3n) is 1.23. The predicted octanol–water partition coefficient (Wildman–Crippen LogP) is 1.44. The van der Waals surface area contributed by atoms with Crippen molar-refractivity contribution in [1.82, 2.24) is 0 Å². The average Bonchev–Trinajstić information content (AvgIpc) is 2.05. The van der Waals surface area contributed by atoms with Crippen molar-refractivity contribution in [3.05, 3.63) is 42.2 Å². The van der Waals surface area contributed by atoms with Crippen molar-refractivity contribution in [2.75, 3.05) is 0 Å². The SMILES string of the molecule is O=C(O)OC=Cc1ccccc1.[CaH2]. The quantitative estimate of drug-likeness (QED) is 0.452. The topological polar surface area (TPSA) is 46.5 Å². The van der Waals surface area contributed by atoms with Gasteiger partial charge in [0.1, 0.15) is 0 Å². The Morgan fingerprint density at radius 1 is 1.31 bits per heavy atom. The average molecular weight is 206 g/mol. The minimum atomic E-state index is -1.30. The van der Waals surface area contributed by atoms with E-state index in [1.54, 1.807) is 6.08 Å². The van der Waals surface area contributed by atoms with Crippen LogP contribution in [0.5, 0.6) is 0 Å². The molecule has 0 unspecified atom stereocenters. The number of hydrogen-bond acceptors (Lipinski definition) is 2. The van der Waals surface area contributed by atoms with Gasteiger partial charge in [0.15, 0.2) is 0 Å². The molecule has 0 heterocycles. The van der Waals surface area contributed by atoms with Crippen molar-refractivity contribution < 1.29 is 14.6 Å². The summed E-state index contributed by atoms with van der Waals surface area (Å²) in [5.41, 5.74) is 0.902. The van der Waals surface area contributed by atoms with Gasteiger partial charge in [-0.2, -0.15) is 0 Å². The first-order valence-corrected chi connectivity index (χ1v) is 3.40. The van der Waals surface area contributed by atoms with Crippen molar-refractivity contribution in [3.8, 4) is 0 Å². The van der Waals surface area contributed by atoms with Gasteiger partial charge in [-0.3, -0.25) is 0 Å². The summed E-state index contributed by atoms with van der Waals surface area (Å²) >= 11 is 0. The summed E-state index contributed by atoms with van der Waals surface area (Å²) in [6.07, 6.45) is 1.41. The first kappa shape index (κ1) is 12.5. The first-order chi connectivity index (χ1) is 5.79. The van der Waals surface area contributed by atoms with Gasteiger partial charge in [0.2, 0.25) is 0 Å². The standard InChI is InChI=1S/C9H8O3.Ca.2H/c10-9(11)12-7-6-8-4-2-1-3-5-8;;;/h1-7H,(H,10,11);;;. The molecule has 0 aromatic heterocycles. The number of benzene rings is 1. The van der Waals surface area contributed by atoms with Crippen LogP contribution in [0.4, 0.5) is 4.79 Å². The maximum absolute atomic E-state index is 9.92. The zero-order valence-electron chi connectivity index (χ0n) is 6.31. The van der Waals surface area contributed by atoms with Gasteiger partial charge in [-0.25, -0.2) is 4.79 Å². The molecule has 0 aliphatic heterocycles. The summed E-state index contributed by atoms with van der Waals surface area (Å²) in [7, 11) is 0. The molecule has 1 aromatic rings. The molecule has 3 nitrogen and oxygen atoms in total. The van der Waals surface area contributed by atoms with E-state index in [0.29, 0.717) is 0 Å². The van der Waals surface area contributed by atoms with Crippen LogP contribution >= 0.6 is 0 Å². The monoisotopic (exact) mass is 206 g/mol. The molecule has 0 bridgehead atoms. The summed E-state index contributed by atoms with van der Waals surface area (Å²) in [5, 5.41) is 8.12.